The number of likely N-dealkylation sites (tertiary alicyclic amines) is 1. The molecule has 2 heterocycles. The molecule has 2 aliphatic rings. The number of hydrogen-bond acceptors (Lipinski definition) is 3. The van der Waals surface area contributed by atoms with Gasteiger partial charge in [-0.2, -0.15) is 0 Å². The van der Waals surface area contributed by atoms with Crippen molar-refractivity contribution in [2.24, 2.45) is 5.92 Å². The summed E-state index contributed by atoms with van der Waals surface area (Å²) in [6.45, 7) is 5.30. The van der Waals surface area contributed by atoms with E-state index in [4.69, 9.17) is 0 Å². The lowest BCUT2D eigenvalue weighted by molar-refractivity contribution is -0.129. The number of benzene rings is 1. The predicted octanol–water partition coefficient (Wildman–Crippen LogP) is 3.31. The van der Waals surface area contributed by atoms with Crippen LogP contribution < -0.4 is 0 Å². The highest BCUT2D eigenvalue weighted by molar-refractivity contribution is 5.93. The minimum atomic E-state index is -0.0154. The molecule has 1 amide bonds. The lowest BCUT2D eigenvalue weighted by Crippen LogP contribution is -2.41. The molecule has 1 saturated heterocycles. The molecule has 2 aliphatic heterocycles. The molecular formula is C19H26N2O2. The zero-order valence-corrected chi connectivity index (χ0v) is 13.9. The number of aliphatic hydroxyl groups is 1. The van der Waals surface area contributed by atoms with Gasteiger partial charge in [0.2, 0.25) is 0 Å². The molecule has 23 heavy (non-hydrogen) atoms. The van der Waals surface area contributed by atoms with Crippen molar-refractivity contribution < 1.29 is 9.90 Å². The van der Waals surface area contributed by atoms with Crippen LogP contribution >= 0.6 is 0 Å². The van der Waals surface area contributed by atoms with E-state index in [0.717, 1.165) is 37.9 Å². The van der Waals surface area contributed by atoms with E-state index in [2.05, 4.69) is 11.8 Å². The van der Waals surface area contributed by atoms with Crippen LogP contribution in [0.4, 0.5) is 0 Å². The number of nitrogens with zero attached hydrogens (tertiary/aromatic N) is 2. The van der Waals surface area contributed by atoms with Crippen LogP contribution in [0.25, 0.3) is 0 Å². The Balaban J connectivity index is 1.78. The van der Waals surface area contributed by atoms with Gasteiger partial charge in [0.25, 0.3) is 5.91 Å². The lowest BCUT2D eigenvalue weighted by Gasteiger charge is -2.34. The van der Waals surface area contributed by atoms with E-state index in [0.29, 0.717) is 31.1 Å². The maximum atomic E-state index is 13.0. The van der Waals surface area contributed by atoms with Crippen molar-refractivity contribution in [1.82, 2.24) is 9.80 Å². The van der Waals surface area contributed by atoms with E-state index < -0.39 is 0 Å². The van der Waals surface area contributed by atoms with Gasteiger partial charge in [0.1, 0.15) is 11.5 Å². The number of amides is 1. The number of allylic oxidation sites excluding steroid dienone is 1. The fraction of sp³-hybridized carbons (Fsp3) is 0.526. The first kappa shape index (κ1) is 15.9. The van der Waals surface area contributed by atoms with E-state index in [1.54, 1.807) is 0 Å². The van der Waals surface area contributed by atoms with Crippen LogP contribution in [0.1, 0.15) is 38.2 Å². The molecular weight excluding hydrogens is 288 g/mol. The van der Waals surface area contributed by atoms with Gasteiger partial charge in [0.05, 0.1) is 0 Å². The summed E-state index contributed by atoms with van der Waals surface area (Å²) >= 11 is 0. The van der Waals surface area contributed by atoms with E-state index in [1.165, 1.54) is 0 Å². The summed E-state index contributed by atoms with van der Waals surface area (Å²) in [7, 11) is 0. The molecule has 1 fully saturated rings. The molecule has 1 aromatic rings. The van der Waals surface area contributed by atoms with Gasteiger partial charge < -0.3 is 14.9 Å². The van der Waals surface area contributed by atoms with Crippen molar-refractivity contribution >= 4 is 5.91 Å². The monoisotopic (exact) mass is 314 g/mol. The number of carbonyl (C=O) groups excluding carboxylic acids is 1. The van der Waals surface area contributed by atoms with Crippen molar-refractivity contribution in [3.63, 3.8) is 0 Å². The smallest absolute Gasteiger partial charge is 0.273 e. The first-order valence-electron chi connectivity index (χ1n) is 8.65. The van der Waals surface area contributed by atoms with E-state index in [-0.39, 0.29) is 11.7 Å². The highest BCUT2D eigenvalue weighted by atomic mass is 16.3. The van der Waals surface area contributed by atoms with Crippen molar-refractivity contribution in [1.29, 1.82) is 0 Å². The van der Waals surface area contributed by atoms with Crippen LogP contribution in [0, 0.1) is 5.92 Å². The average molecular weight is 314 g/mol. The van der Waals surface area contributed by atoms with Gasteiger partial charge in [-0.25, -0.2) is 0 Å². The molecule has 3 rings (SSSR count). The maximum absolute atomic E-state index is 13.0. The second-order valence-corrected chi connectivity index (χ2v) is 6.78. The SMILES string of the molecule is CC1CCN(C2=C(O)CCCN(Cc3ccccc3)C2=O)CC1. The van der Waals surface area contributed by atoms with Gasteiger partial charge in [-0.05, 0) is 30.7 Å². The Morgan fingerprint density at radius 1 is 1.13 bits per heavy atom. The van der Waals surface area contributed by atoms with Crippen LogP contribution in [0.2, 0.25) is 0 Å². The summed E-state index contributed by atoms with van der Waals surface area (Å²) in [4.78, 5) is 17.0. The summed E-state index contributed by atoms with van der Waals surface area (Å²) in [6.07, 6.45) is 3.59. The van der Waals surface area contributed by atoms with Crippen molar-refractivity contribution in [2.75, 3.05) is 19.6 Å². The standard InChI is InChI=1S/C19H26N2O2/c1-15-9-12-20(13-10-15)18-17(22)8-5-11-21(19(18)23)14-16-6-3-2-4-7-16/h2-4,6-7,15,22H,5,8-14H2,1H3. The molecule has 0 aliphatic carbocycles. The van der Waals surface area contributed by atoms with Crippen molar-refractivity contribution in [3.05, 3.63) is 47.4 Å². The Bertz CT molecular complexity index is 574. The molecule has 0 bridgehead atoms. The predicted molar refractivity (Wildman–Crippen MR) is 90.7 cm³/mol. The zero-order valence-electron chi connectivity index (χ0n) is 13.9. The fourth-order valence-corrected chi connectivity index (χ4v) is 3.44. The molecule has 0 saturated carbocycles. The van der Waals surface area contributed by atoms with Gasteiger partial charge in [-0.15, -0.1) is 0 Å². The Hall–Kier alpha value is -1.97. The van der Waals surface area contributed by atoms with Gasteiger partial charge in [-0.3, -0.25) is 4.79 Å². The van der Waals surface area contributed by atoms with Crippen LogP contribution in [0.15, 0.2) is 41.8 Å². The molecule has 0 spiro atoms. The molecule has 0 unspecified atom stereocenters. The number of piperidine rings is 1. The Labute approximate surface area is 138 Å². The largest absolute Gasteiger partial charge is 0.510 e. The number of hydrogen-bond donors (Lipinski definition) is 1. The molecule has 0 radical (unpaired) electrons. The molecule has 4 nitrogen and oxygen atoms in total. The quantitative estimate of drug-likeness (QED) is 0.931. The molecule has 1 N–H and O–H groups in total. The Morgan fingerprint density at radius 3 is 2.52 bits per heavy atom. The summed E-state index contributed by atoms with van der Waals surface area (Å²) in [5, 5.41) is 10.4. The highest BCUT2D eigenvalue weighted by Crippen LogP contribution is 2.26. The maximum Gasteiger partial charge on any atom is 0.273 e. The molecule has 1 aromatic carbocycles. The van der Waals surface area contributed by atoms with Crippen molar-refractivity contribution in [2.45, 2.75) is 39.2 Å². The Kier molecular flexibility index (Phi) is 4.89. The first-order chi connectivity index (χ1) is 11.1. The second-order valence-electron chi connectivity index (χ2n) is 6.78. The second kappa shape index (κ2) is 7.07. The van der Waals surface area contributed by atoms with Crippen LogP contribution in [0.5, 0.6) is 0 Å². The topological polar surface area (TPSA) is 43.8 Å². The number of carbonyl (C=O) groups is 1. The van der Waals surface area contributed by atoms with E-state index >= 15 is 0 Å². The third-order valence-electron chi connectivity index (χ3n) is 4.92. The van der Waals surface area contributed by atoms with Gasteiger partial charge in [-0.1, -0.05) is 37.3 Å². The summed E-state index contributed by atoms with van der Waals surface area (Å²) < 4.78 is 0. The van der Waals surface area contributed by atoms with Gasteiger partial charge in [0, 0.05) is 32.6 Å². The van der Waals surface area contributed by atoms with E-state index in [9.17, 15) is 9.90 Å². The minimum absolute atomic E-state index is 0.0154. The van der Waals surface area contributed by atoms with Crippen LogP contribution in [0.3, 0.4) is 0 Å². The van der Waals surface area contributed by atoms with Crippen LogP contribution in [-0.2, 0) is 11.3 Å². The third kappa shape index (κ3) is 3.69. The Morgan fingerprint density at radius 2 is 1.83 bits per heavy atom. The van der Waals surface area contributed by atoms with Crippen LogP contribution in [-0.4, -0.2) is 40.4 Å². The third-order valence-corrected chi connectivity index (χ3v) is 4.92. The molecule has 0 atom stereocenters. The average Bonchev–Trinajstić information content (AvgIpc) is 2.69. The van der Waals surface area contributed by atoms with E-state index in [1.807, 2.05) is 35.2 Å². The minimum Gasteiger partial charge on any atom is -0.510 e. The summed E-state index contributed by atoms with van der Waals surface area (Å²) in [5.41, 5.74) is 1.68. The number of aliphatic hydroxyl groups excluding tert-OH is 1. The first-order valence-corrected chi connectivity index (χ1v) is 8.65. The highest BCUT2D eigenvalue weighted by Gasteiger charge is 2.31. The molecule has 0 aromatic heterocycles. The fourth-order valence-electron chi connectivity index (χ4n) is 3.44. The zero-order chi connectivity index (χ0) is 16.2. The van der Waals surface area contributed by atoms with Gasteiger partial charge in [0.15, 0.2) is 0 Å². The van der Waals surface area contributed by atoms with Crippen molar-refractivity contribution in [3.8, 4) is 0 Å². The van der Waals surface area contributed by atoms with Gasteiger partial charge >= 0.3 is 0 Å². The lowest BCUT2D eigenvalue weighted by atomic mass is 9.98. The molecule has 4 heteroatoms. The summed E-state index contributed by atoms with van der Waals surface area (Å²) in [6, 6.07) is 10.1. The molecule has 124 valence electrons. The summed E-state index contributed by atoms with van der Waals surface area (Å²) in [5.74, 6) is 0.966. The number of rotatable bonds is 3. The normalized spacial score (nSPS) is 20.8.